The molecule has 0 amide bonds. The Bertz CT molecular complexity index is 892. The zero-order valence-corrected chi connectivity index (χ0v) is 12.4. The molecule has 4 rings (SSSR count). The van der Waals surface area contributed by atoms with E-state index in [1.807, 2.05) is 35.8 Å². The van der Waals surface area contributed by atoms with E-state index in [1.165, 1.54) is 0 Å². The topological polar surface area (TPSA) is 30.7 Å². The molecule has 0 atom stereocenters. The Hall–Kier alpha value is -2.37. The molecule has 1 saturated carbocycles. The minimum absolute atomic E-state index is 0.277. The van der Waals surface area contributed by atoms with Crippen LogP contribution in [-0.2, 0) is 6.18 Å². The summed E-state index contributed by atoms with van der Waals surface area (Å²) >= 11 is 0. The molecule has 2 heterocycles. The van der Waals surface area contributed by atoms with Crippen LogP contribution in [0.15, 0.2) is 36.5 Å². The lowest BCUT2D eigenvalue weighted by Gasteiger charge is -2.09. The maximum absolute atomic E-state index is 12.9. The van der Waals surface area contributed by atoms with Gasteiger partial charge in [-0.3, -0.25) is 0 Å². The van der Waals surface area contributed by atoms with Crippen molar-refractivity contribution >= 4 is 11.2 Å². The van der Waals surface area contributed by atoms with Crippen LogP contribution in [0.2, 0.25) is 0 Å². The first-order chi connectivity index (χ1) is 10.9. The zero-order chi connectivity index (χ0) is 16.2. The molecule has 1 aromatic carbocycles. The van der Waals surface area contributed by atoms with Crippen molar-refractivity contribution in [2.75, 3.05) is 0 Å². The number of imidazole rings is 1. The summed E-state index contributed by atoms with van der Waals surface area (Å²) in [4.78, 5) is 8.54. The Morgan fingerprint density at radius 2 is 1.91 bits per heavy atom. The molecular weight excluding hydrogens is 303 g/mol. The van der Waals surface area contributed by atoms with Crippen LogP contribution in [0, 0.1) is 6.92 Å². The van der Waals surface area contributed by atoms with E-state index in [0.717, 1.165) is 36.2 Å². The minimum atomic E-state index is -4.41. The highest BCUT2D eigenvalue weighted by Gasteiger charge is 2.34. The molecule has 3 aromatic rings. The standard InChI is InChI=1S/C17H14F3N3/c1-10-4-2-3-5-13(10)15-22-14-8-11(17(18,19)20)9-21-16(14)23(15)12-6-7-12/h2-5,8-9,12H,6-7H2,1H3. The van der Waals surface area contributed by atoms with E-state index < -0.39 is 11.7 Å². The fraction of sp³-hybridized carbons (Fsp3) is 0.294. The molecule has 1 aliphatic carbocycles. The van der Waals surface area contributed by atoms with E-state index in [-0.39, 0.29) is 6.04 Å². The molecule has 0 spiro atoms. The summed E-state index contributed by atoms with van der Waals surface area (Å²) in [5.74, 6) is 0.701. The third kappa shape index (κ3) is 2.38. The van der Waals surface area contributed by atoms with Crippen molar-refractivity contribution in [1.29, 1.82) is 0 Å². The molecular formula is C17H14F3N3. The monoisotopic (exact) mass is 317 g/mol. The van der Waals surface area contributed by atoms with Gasteiger partial charge in [-0.1, -0.05) is 24.3 Å². The van der Waals surface area contributed by atoms with Gasteiger partial charge in [0.15, 0.2) is 5.65 Å². The number of rotatable bonds is 2. The largest absolute Gasteiger partial charge is 0.417 e. The molecule has 0 bridgehead atoms. The Labute approximate surface area is 130 Å². The van der Waals surface area contributed by atoms with Gasteiger partial charge in [-0.2, -0.15) is 13.2 Å². The third-order valence-corrected chi connectivity index (χ3v) is 4.16. The van der Waals surface area contributed by atoms with Gasteiger partial charge < -0.3 is 4.57 Å². The maximum Gasteiger partial charge on any atom is 0.417 e. The predicted molar refractivity (Wildman–Crippen MR) is 81.0 cm³/mol. The van der Waals surface area contributed by atoms with Gasteiger partial charge >= 0.3 is 6.18 Å². The number of hydrogen-bond acceptors (Lipinski definition) is 2. The van der Waals surface area contributed by atoms with Gasteiger partial charge in [0.05, 0.1) is 5.56 Å². The average Bonchev–Trinajstić information content (AvgIpc) is 3.26. The summed E-state index contributed by atoms with van der Waals surface area (Å²) in [6.45, 7) is 1.97. The lowest BCUT2D eigenvalue weighted by molar-refractivity contribution is -0.137. The van der Waals surface area contributed by atoms with Gasteiger partial charge in [-0.05, 0) is 31.4 Å². The lowest BCUT2D eigenvalue weighted by atomic mass is 10.1. The van der Waals surface area contributed by atoms with E-state index in [2.05, 4.69) is 9.97 Å². The van der Waals surface area contributed by atoms with Crippen LogP contribution in [0.25, 0.3) is 22.6 Å². The predicted octanol–water partition coefficient (Wildman–Crippen LogP) is 4.76. The van der Waals surface area contributed by atoms with Crippen LogP contribution in [0.5, 0.6) is 0 Å². The number of nitrogens with zero attached hydrogens (tertiary/aromatic N) is 3. The number of pyridine rings is 1. The van der Waals surface area contributed by atoms with Crippen molar-refractivity contribution < 1.29 is 13.2 Å². The van der Waals surface area contributed by atoms with E-state index in [0.29, 0.717) is 17.0 Å². The number of hydrogen-bond donors (Lipinski definition) is 0. The highest BCUT2D eigenvalue weighted by atomic mass is 19.4. The second kappa shape index (κ2) is 4.81. The van der Waals surface area contributed by atoms with Crippen LogP contribution in [0.4, 0.5) is 13.2 Å². The third-order valence-electron chi connectivity index (χ3n) is 4.16. The number of benzene rings is 1. The molecule has 2 aromatic heterocycles. The van der Waals surface area contributed by atoms with E-state index in [4.69, 9.17) is 0 Å². The fourth-order valence-electron chi connectivity index (χ4n) is 2.83. The van der Waals surface area contributed by atoms with E-state index in [1.54, 1.807) is 0 Å². The highest BCUT2D eigenvalue weighted by molar-refractivity contribution is 5.79. The van der Waals surface area contributed by atoms with Gasteiger partial charge in [-0.25, -0.2) is 9.97 Å². The zero-order valence-electron chi connectivity index (χ0n) is 12.4. The summed E-state index contributed by atoms with van der Waals surface area (Å²) < 4.78 is 40.7. The molecule has 118 valence electrons. The van der Waals surface area contributed by atoms with Crippen LogP contribution >= 0.6 is 0 Å². The van der Waals surface area contributed by atoms with Gasteiger partial charge in [0.25, 0.3) is 0 Å². The summed E-state index contributed by atoms with van der Waals surface area (Å²) in [5.41, 5.74) is 2.04. The summed E-state index contributed by atoms with van der Waals surface area (Å²) in [5, 5.41) is 0. The van der Waals surface area contributed by atoms with Crippen molar-refractivity contribution in [3.8, 4) is 11.4 Å². The number of alkyl halides is 3. The van der Waals surface area contributed by atoms with Crippen molar-refractivity contribution in [2.45, 2.75) is 32.0 Å². The molecule has 0 radical (unpaired) electrons. The van der Waals surface area contributed by atoms with Gasteiger partial charge in [0, 0.05) is 17.8 Å². The fourth-order valence-corrected chi connectivity index (χ4v) is 2.83. The van der Waals surface area contributed by atoms with Gasteiger partial charge in [0.2, 0.25) is 0 Å². The number of aryl methyl sites for hydroxylation is 1. The highest BCUT2D eigenvalue weighted by Crippen LogP contribution is 2.42. The van der Waals surface area contributed by atoms with Crippen molar-refractivity contribution in [2.24, 2.45) is 0 Å². The van der Waals surface area contributed by atoms with Crippen molar-refractivity contribution in [3.63, 3.8) is 0 Å². The second-order valence-electron chi connectivity index (χ2n) is 5.92. The number of fused-ring (bicyclic) bond motifs is 1. The van der Waals surface area contributed by atoms with Crippen LogP contribution in [0.3, 0.4) is 0 Å². The first-order valence-electron chi connectivity index (χ1n) is 7.46. The van der Waals surface area contributed by atoms with Crippen LogP contribution in [-0.4, -0.2) is 14.5 Å². The maximum atomic E-state index is 12.9. The Kier molecular flexibility index (Phi) is 2.98. The molecule has 1 fully saturated rings. The molecule has 0 aliphatic heterocycles. The van der Waals surface area contributed by atoms with E-state index >= 15 is 0 Å². The van der Waals surface area contributed by atoms with Crippen molar-refractivity contribution in [1.82, 2.24) is 14.5 Å². The molecule has 0 N–H and O–H groups in total. The Balaban J connectivity index is 1.97. The molecule has 0 saturated heterocycles. The minimum Gasteiger partial charge on any atom is -0.306 e. The smallest absolute Gasteiger partial charge is 0.306 e. The quantitative estimate of drug-likeness (QED) is 0.682. The number of halogens is 3. The lowest BCUT2D eigenvalue weighted by Crippen LogP contribution is -2.06. The normalized spacial score (nSPS) is 15.3. The molecule has 23 heavy (non-hydrogen) atoms. The first-order valence-corrected chi connectivity index (χ1v) is 7.46. The van der Waals surface area contributed by atoms with Gasteiger partial charge in [0.1, 0.15) is 11.3 Å². The number of aromatic nitrogens is 3. The summed E-state index contributed by atoms with van der Waals surface area (Å²) in [7, 11) is 0. The molecule has 6 heteroatoms. The van der Waals surface area contributed by atoms with Crippen LogP contribution < -0.4 is 0 Å². The molecule has 3 nitrogen and oxygen atoms in total. The summed E-state index contributed by atoms with van der Waals surface area (Å²) in [6, 6.07) is 9.12. The Morgan fingerprint density at radius 1 is 1.17 bits per heavy atom. The average molecular weight is 317 g/mol. The molecule has 0 unspecified atom stereocenters. The molecule has 1 aliphatic rings. The Morgan fingerprint density at radius 3 is 2.57 bits per heavy atom. The SMILES string of the molecule is Cc1ccccc1-c1nc2cc(C(F)(F)F)cnc2n1C1CC1. The van der Waals surface area contributed by atoms with Crippen LogP contribution in [0.1, 0.15) is 30.0 Å². The second-order valence-corrected chi connectivity index (χ2v) is 5.92. The first kappa shape index (κ1) is 14.2. The van der Waals surface area contributed by atoms with E-state index in [9.17, 15) is 13.2 Å². The summed E-state index contributed by atoms with van der Waals surface area (Å²) in [6.07, 6.45) is -1.50. The van der Waals surface area contributed by atoms with Crippen molar-refractivity contribution in [3.05, 3.63) is 47.7 Å². The van der Waals surface area contributed by atoms with Gasteiger partial charge in [-0.15, -0.1) is 0 Å².